The van der Waals surface area contributed by atoms with Gasteiger partial charge in [0.15, 0.2) is 0 Å². The molecule has 4 nitrogen and oxygen atoms in total. The Bertz CT molecular complexity index is 522. The van der Waals surface area contributed by atoms with Crippen molar-refractivity contribution in [1.82, 2.24) is 10.4 Å². The van der Waals surface area contributed by atoms with Gasteiger partial charge in [-0.25, -0.2) is 5.84 Å². The highest BCUT2D eigenvalue weighted by molar-refractivity contribution is 5.86. The summed E-state index contributed by atoms with van der Waals surface area (Å²) in [4.78, 5) is 16.2. The van der Waals surface area contributed by atoms with Gasteiger partial charge in [-0.2, -0.15) is 0 Å². The Morgan fingerprint density at radius 3 is 2.50 bits per heavy atom. The largest absolute Gasteiger partial charge is 0.293 e. The van der Waals surface area contributed by atoms with E-state index in [4.69, 9.17) is 5.84 Å². The Hall–Kier alpha value is -2.20. The molecule has 1 amide bonds. The highest BCUT2D eigenvalue weighted by atomic mass is 16.2. The minimum atomic E-state index is -0.475. The summed E-state index contributed by atoms with van der Waals surface area (Å²) in [5.74, 6) is 4.51. The van der Waals surface area contributed by atoms with Crippen molar-refractivity contribution in [2.24, 2.45) is 5.84 Å². The summed E-state index contributed by atoms with van der Waals surface area (Å²) in [5, 5.41) is 0. The van der Waals surface area contributed by atoms with Crippen LogP contribution in [0.15, 0.2) is 48.7 Å². The molecule has 3 N–H and O–H groups in total. The smallest absolute Gasteiger partial charge is 0.247 e. The topological polar surface area (TPSA) is 68.0 Å². The minimum Gasteiger partial charge on any atom is -0.293 e. The van der Waals surface area contributed by atoms with E-state index in [9.17, 15) is 4.79 Å². The van der Waals surface area contributed by atoms with Gasteiger partial charge in [0, 0.05) is 6.20 Å². The fourth-order valence-corrected chi connectivity index (χ4v) is 1.84. The van der Waals surface area contributed by atoms with Crippen LogP contribution in [0.5, 0.6) is 0 Å². The Labute approximate surface area is 106 Å². The fourth-order valence-electron chi connectivity index (χ4n) is 1.84. The van der Waals surface area contributed by atoms with Gasteiger partial charge in [-0.05, 0) is 24.1 Å². The number of carbonyl (C=O) groups excluding carboxylic acids is 1. The molecular formula is C14H15N3O. The van der Waals surface area contributed by atoms with Crippen LogP contribution >= 0.6 is 0 Å². The minimum absolute atomic E-state index is 0.266. The molecule has 1 heterocycles. The summed E-state index contributed by atoms with van der Waals surface area (Å²) < 4.78 is 0. The van der Waals surface area contributed by atoms with Crippen molar-refractivity contribution >= 4 is 5.91 Å². The molecule has 0 spiro atoms. The van der Waals surface area contributed by atoms with Crippen LogP contribution in [0.25, 0.3) is 0 Å². The quantitative estimate of drug-likeness (QED) is 0.486. The monoisotopic (exact) mass is 241 g/mol. The number of carbonyl (C=O) groups is 1. The molecule has 0 saturated heterocycles. The molecule has 0 radical (unpaired) electrons. The number of hydrogen-bond acceptors (Lipinski definition) is 3. The molecule has 0 aliphatic carbocycles. The van der Waals surface area contributed by atoms with E-state index in [2.05, 4.69) is 10.4 Å². The van der Waals surface area contributed by atoms with E-state index in [1.54, 1.807) is 6.20 Å². The van der Waals surface area contributed by atoms with Crippen LogP contribution in [0, 0.1) is 6.92 Å². The first-order valence-corrected chi connectivity index (χ1v) is 5.70. The molecule has 2 rings (SSSR count). The van der Waals surface area contributed by atoms with Gasteiger partial charge in [-0.15, -0.1) is 0 Å². The van der Waals surface area contributed by atoms with Gasteiger partial charge in [0.2, 0.25) is 5.91 Å². The molecule has 1 atom stereocenters. The fraction of sp³-hybridized carbons (Fsp3) is 0.143. The number of rotatable bonds is 3. The maximum atomic E-state index is 11.9. The third-order valence-corrected chi connectivity index (χ3v) is 2.77. The van der Waals surface area contributed by atoms with E-state index in [0.29, 0.717) is 5.69 Å². The van der Waals surface area contributed by atoms with Crippen LogP contribution in [0.2, 0.25) is 0 Å². The van der Waals surface area contributed by atoms with Gasteiger partial charge in [-0.3, -0.25) is 15.2 Å². The maximum absolute atomic E-state index is 11.9. The second kappa shape index (κ2) is 5.42. The van der Waals surface area contributed by atoms with E-state index in [1.807, 2.05) is 49.4 Å². The maximum Gasteiger partial charge on any atom is 0.247 e. The SMILES string of the molecule is Cc1ccc(C(C(=O)NN)c2ccccc2)nc1. The number of hydrazine groups is 1. The second-order valence-corrected chi connectivity index (χ2v) is 4.11. The van der Waals surface area contributed by atoms with Crippen molar-refractivity contribution in [3.05, 3.63) is 65.5 Å². The van der Waals surface area contributed by atoms with E-state index in [1.165, 1.54) is 0 Å². The zero-order valence-corrected chi connectivity index (χ0v) is 10.1. The van der Waals surface area contributed by atoms with Gasteiger partial charge < -0.3 is 0 Å². The molecule has 2 aromatic rings. The summed E-state index contributed by atoms with van der Waals surface area (Å²) in [6.07, 6.45) is 1.75. The summed E-state index contributed by atoms with van der Waals surface area (Å²) >= 11 is 0. The van der Waals surface area contributed by atoms with Gasteiger partial charge in [0.25, 0.3) is 0 Å². The predicted molar refractivity (Wildman–Crippen MR) is 69.6 cm³/mol. The van der Waals surface area contributed by atoms with Crippen molar-refractivity contribution < 1.29 is 4.79 Å². The molecular weight excluding hydrogens is 226 g/mol. The lowest BCUT2D eigenvalue weighted by atomic mass is 9.94. The third-order valence-electron chi connectivity index (χ3n) is 2.77. The first kappa shape index (κ1) is 12.3. The number of hydrogen-bond donors (Lipinski definition) is 2. The number of nitrogens with two attached hydrogens (primary N) is 1. The molecule has 1 aromatic carbocycles. The van der Waals surface area contributed by atoms with Crippen LogP contribution in [0.3, 0.4) is 0 Å². The van der Waals surface area contributed by atoms with E-state index < -0.39 is 5.92 Å². The average molecular weight is 241 g/mol. The molecule has 0 saturated carbocycles. The van der Waals surface area contributed by atoms with E-state index >= 15 is 0 Å². The highest BCUT2D eigenvalue weighted by Gasteiger charge is 2.22. The van der Waals surface area contributed by atoms with Gasteiger partial charge >= 0.3 is 0 Å². The Morgan fingerprint density at radius 1 is 1.22 bits per heavy atom. The molecule has 0 aliphatic heterocycles. The van der Waals surface area contributed by atoms with Crippen molar-refractivity contribution in [2.75, 3.05) is 0 Å². The van der Waals surface area contributed by atoms with Crippen molar-refractivity contribution in [2.45, 2.75) is 12.8 Å². The summed E-state index contributed by atoms with van der Waals surface area (Å²) in [7, 11) is 0. The summed E-state index contributed by atoms with van der Waals surface area (Å²) in [6, 6.07) is 13.2. The lowest BCUT2D eigenvalue weighted by molar-refractivity contribution is -0.121. The zero-order chi connectivity index (χ0) is 13.0. The zero-order valence-electron chi connectivity index (χ0n) is 10.1. The highest BCUT2D eigenvalue weighted by Crippen LogP contribution is 2.23. The molecule has 0 bridgehead atoms. The predicted octanol–water partition coefficient (Wildman–Crippen LogP) is 1.51. The number of pyridine rings is 1. The average Bonchev–Trinajstić information content (AvgIpc) is 2.42. The Morgan fingerprint density at radius 2 is 1.94 bits per heavy atom. The summed E-state index contributed by atoms with van der Waals surface area (Å²) in [5.41, 5.74) is 4.81. The van der Waals surface area contributed by atoms with Gasteiger partial charge in [0.1, 0.15) is 5.92 Å². The van der Waals surface area contributed by atoms with Gasteiger partial charge in [0.05, 0.1) is 5.69 Å². The van der Waals surface area contributed by atoms with Crippen LogP contribution in [-0.4, -0.2) is 10.9 Å². The number of amides is 1. The summed E-state index contributed by atoms with van der Waals surface area (Å²) in [6.45, 7) is 1.96. The lowest BCUT2D eigenvalue weighted by Crippen LogP contribution is -2.35. The Kier molecular flexibility index (Phi) is 3.69. The van der Waals surface area contributed by atoms with Crippen molar-refractivity contribution in [3.8, 4) is 0 Å². The molecule has 1 aromatic heterocycles. The van der Waals surface area contributed by atoms with Crippen molar-refractivity contribution in [1.29, 1.82) is 0 Å². The molecule has 0 aliphatic rings. The molecule has 0 fully saturated rings. The first-order chi connectivity index (χ1) is 8.72. The number of aryl methyl sites for hydroxylation is 1. The second-order valence-electron chi connectivity index (χ2n) is 4.11. The Balaban J connectivity index is 2.43. The van der Waals surface area contributed by atoms with E-state index in [0.717, 1.165) is 11.1 Å². The molecule has 92 valence electrons. The van der Waals surface area contributed by atoms with Gasteiger partial charge in [-0.1, -0.05) is 36.4 Å². The van der Waals surface area contributed by atoms with Crippen LogP contribution in [0.1, 0.15) is 22.7 Å². The van der Waals surface area contributed by atoms with E-state index in [-0.39, 0.29) is 5.91 Å². The molecule has 1 unspecified atom stereocenters. The number of aromatic nitrogens is 1. The first-order valence-electron chi connectivity index (χ1n) is 5.70. The van der Waals surface area contributed by atoms with Crippen LogP contribution in [-0.2, 0) is 4.79 Å². The van der Waals surface area contributed by atoms with Crippen LogP contribution in [0.4, 0.5) is 0 Å². The third kappa shape index (κ3) is 2.55. The van der Waals surface area contributed by atoms with Crippen LogP contribution < -0.4 is 11.3 Å². The van der Waals surface area contributed by atoms with Crippen molar-refractivity contribution in [3.63, 3.8) is 0 Å². The number of nitrogens with one attached hydrogen (secondary N) is 1. The number of nitrogens with zero attached hydrogens (tertiary/aromatic N) is 1. The number of benzene rings is 1. The lowest BCUT2D eigenvalue weighted by Gasteiger charge is -2.15. The molecule has 4 heteroatoms. The normalized spacial score (nSPS) is 11.9. The standard InChI is InChI=1S/C14H15N3O/c1-10-7-8-12(16-9-10)13(14(18)17-15)11-5-3-2-4-6-11/h2-9,13H,15H2,1H3,(H,17,18). The molecule has 18 heavy (non-hydrogen) atoms.